The second-order valence-electron chi connectivity index (χ2n) is 3.50. The van der Waals surface area contributed by atoms with Crippen molar-refractivity contribution in [3.63, 3.8) is 0 Å². The Morgan fingerprint density at radius 3 is 2.94 bits per heavy atom. The van der Waals surface area contributed by atoms with Crippen molar-refractivity contribution in [2.45, 2.75) is 6.92 Å². The van der Waals surface area contributed by atoms with Gasteiger partial charge in [0.2, 0.25) is 18.2 Å². The molecule has 1 heterocycles. The van der Waals surface area contributed by atoms with Gasteiger partial charge < -0.3 is 14.2 Å². The topological polar surface area (TPSA) is 70.8 Å². The van der Waals surface area contributed by atoms with Crippen molar-refractivity contribution in [2.75, 3.05) is 13.9 Å². The molecule has 1 aromatic carbocycles. The highest BCUT2D eigenvalue weighted by Gasteiger charge is 2.20. The molecule has 1 aliphatic rings. The molecule has 17 heavy (non-hydrogen) atoms. The lowest BCUT2D eigenvalue weighted by Crippen LogP contribution is -1.94. The third-order valence-electron chi connectivity index (χ3n) is 2.34. The van der Waals surface area contributed by atoms with Gasteiger partial charge in [0, 0.05) is 13.0 Å². The Labute approximate surface area is 97.6 Å². The second-order valence-corrected chi connectivity index (χ2v) is 3.50. The van der Waals surface area contributed by atoms with E-state index in [0.29, 0.717) is 22.8 Å². The molecule has 1 aromatic rings. The summed E-state index contributed by atoms with van der Waals surface area (Å²) in [6.45, 7) is 1.56. The quantitative estimate of drug-likeness (QED) is 0.594. The number of allylic oxidation sites excluding steroid dienone is 1. The summed E-state index contributed by atoms with van der Waals surface area (Å²) in [5.74, 6) is 1.57. The van der Waals surface area contributed by atoms with Crippen molar-refractivity contribution >= 4 is 6.08 Å². The van der Waals surface area contributed by atoms with Crippen LogP contribution in [0.1, 0.15) is 12.5 Å². The molecule has 90 valence electrons. The van der Waals surface area contributed by atoms with Gasteiger partial charge in [-0.2, -0.15) is 0 Å². The Hall–Kier alpha value is -2.24. The van der Waals surface area contributed by atoms with Gasteiger partial charge in [0.15, 0.2) is 11.5 Å². The average Bonchev–Trinajstić information content (AvgIpc) is 2.75. The summed E-state index contributed by atoms with van der Waals surface area (Å²) in [7, 11) is 1.51. The fourth-order valence-corrected chi connectivity index (χ4v) is 1.53. The maximum absolute atomic E-state index is 10.5. The Morgan fingerprint density at radius 1 is 1.53 bits per heavy atom. The SMILES string of the molecule is COc1cc(/C=C(\C)[N+](=O)[O-])cc2c1OCO2. The average molecular weight is 237 g/mol. The van der Waals surface area contributed by atoms with E-state index in [-0.39, 0.29) is 12.5 Å². The molecular formula is C11H11NO5. The lowest BCUT2D eigenvalue weighted by Gasteiger charge is -2.05. The minimum atomic E-state index is -0.447. The first-order chi connectivity index (χ1) is 8.11. The molecule has 0 fully saturated rings. The van der Waals surface area contributed by atoms with Gasteiger partial charge in [-0.15, -0.1) is 0 Å². The van der Waals surface area contributed by atoms with Crippen LogP contribution in [0.25, 0.3) is 6.08 Å². The van der Waals surface area contributed by atoms with E-state index >= 15 is 0 Å². The third-order valence-corrected chi connectivity index (χ3v) is 2.34. The third kappa shape index (κ3) is 2.15. The zero-order valence-electron chi connectivity index (χ0n) is 9.43. The number of ether oxygens (including phenoxy) is 3. The van der Waals surface area contributed by atoms with Gasteiger partial charge in [-0.05, 0) is 17.7 Å². The van der Waals surface area contributed by atoms with Crippen LogP contribution in [0.4, 0.5) is 0 Å². The fourth-order valence-electron chi connectivity index (χ4n) is 1.53. The van der Waals surface area contributed by atoms with Gasteiger partial charge in [-0.25, -0.2) is 0 Å². The minimum Gasteiger partial charge on any atom is -0.493 e. The molecule has 0 saturated carbocycles. The highest BCUT2D eigenvalue weighted by Crippen LogP contribution is 2.42. The maximum Gasteiger partial charge on any atom is 0.243 e. The molecule has 0 saturated heterocycles. The highest BCUT2D eigenvalue weighted by molar-refractivity contribution is 5.63. The van der Waals surface area contributed by atoms with Crippen LogP contribution in [0.3, 0.4) is 0 Å². The number of methoxy groups -OCH3 is 1. The molecule has 1 aliphatic heterocycles. The Bertz CT molecular complexity index is 495. The largest absolute Gasteiger partial charge is 0.493 e. The molecule has 2 rings (SSSR count). The van der Waals surface area contributed by atoms with Crippen LogP contribution in [0.5, 0.6) is 17.2 Å². The monoisotopic (exact) mass is 237 g/mol. The van der Waals surface area contributed by atoms with E-state index < -0.39 is 4.92 Å². The second kappa shape index (κ2) is 4.32. The van der Waals surface area contributed by atoms with Gasteiger partial charge in [0.1, 0.15) is 0 Å². The van der Waals surface area contributed by atoms with Crippen LogP contribution in [0.15, 0.2) is 17.8 Å². The Kier molecular flexibility index (Phi) is 2.86. The molecule has 0 aromatic heterocycles. The highest BCUT2D eigenvalue weighted by atomic mass is 16.7. The Balaban J connectivity index is 2.44. The number of nitro groups is 1. The number of rotatable bonds is 3. The van der Waals surface area contributed by atoms with Crippen LogP contribution in [-0.2, 0) is 0 Å². The molecule has 6 nitrogen and oxygen atoms in total. The number of hydrogen-bond donors (Lipinski definition) is 0. The number of hydrogen-bond acceptors (Lipinski definition) is 5. The van der Waals surface area contributed by atoms with Gasteiger partial charge in [-0.3, -0.25) is 10.1 Å². The Morgan fingerprint density at radius 2 is 2.29 bits per heavy atom. The van der Waals surface area contributed by atoms with Crippen molar-refractivity contribution in [1.82, 2.24) is 0 Å². The van der Waals surface area contributed by atoms with Crippen LogP contribution in [0.2, 0.25) is 0 Å². The van der Waals surface area contributed by atoms with Gasteiger partial charge >= 0.3 is 0 Å². The van der Waals surface area contributed by atoms with Crippen molar-refractivity contribution in [2.24, 2.45) is 0 Å². The molecule has 0 unspecified atom stereocenters. The molecule has 6 heteroatoms. The zero-order chi connectivity index (χ0) is 12.4. The van der Waals surface area contributed by atoms with E-state index in [0.717, 1.165) is 0 Å². The summed E-state index contributed by atoms with van der Waals surface area (Å²) < 4.78 is 15.6. The zero-order valence-corrected chi connectivity index (χ0v) is 9.43. The molecule has 0 N–H and O–H groups in total. The summed E-state index contributed by atoms with van der Waals surface area (Å²) in [5.41, 5.74) is 0.686. The fraction of sp³-hybridized carbons (Fsp3) is 0.273. The molecular weight excluding hydrogens is 226 g/mol. The van der Waals surface area contributed by atoms with Crippen LogP contribution >= 0.6 is 0 Å². The lowest BCUT2D eigenvalue weighted by molar-refractivity contribution is -0.422. The summed E-state index contributed by atoms with van der Waals surface area (Å²) in [4.78, 5) is 10.1. The summed E-state index contributed by atoms with van der Waals surface area (Å²) >= 11 is 0. The maximum atomic E-state index is 10.5. The molecule has 0 spiro atoms. The van der Waals surface area contributed by atoms with Crippen molar-refractivity contribution in [3.8, 4) is 17.2 Å². The predicted molar refractivity (Wildman–Crippen MR) is 59.8 cm³/mol. The minimum absolute atomic E-state index is 0.0471. The van der Waals surface area contributed by atoms with Gasteiger partial charge in [0.05, 0.1) is 12.0 Å². The molecule has 0 bridgehead atoms. The van der Waals surface area contributed by atoms with Crippen LogP contribution in [0, 0.1) is 10.1 Å². The summed E-state index contributed by atoms with van der Waals surface area (Å²) in [6.07, 6.45) is 1.45. The van der Waals surface area contributed by atoms with Crippen LogP contribution in [-0.4, -0.2) is 18.8 Å². The lowest BCUT2D eigenvalue weighted by atomic mass is 10.1. The van der Waals surface area contributed by atoms with E-state index in [4.69, 9.17) is 14.2 Å². The smallest absolute Gasteiger partial charge is 0.243 e. The predicted octanol–water partition coefficient (Wildman–Crippen LogP) is 2.06. The standard InChI is InChI=1S/C11H11NO5/c1-7(12(13)14)3-8-4-9(15-2)11-10(5-8)16-6-17-11/h3-5H,6H2,1-2H3/b7-3+. The van der Waals surface area contributed by atoms with Gasteiger partial charge in [0.25, 0.3) is 0 Å². The summed E-state index contributed by atoms with van der Waals surface area (Å²) in [6, 6.07) is 3.35. The van der Waals surface area contributed by atoms with Gasteiger partial charge in [-0.1, -0.05) is 0 Å². The molecule has 0 amide bonds. The molecule has 0 aliphatic carbocycles. The van der Waals surface area contributed by atoms with E-state index in [9.17, 15) is 10.1 Å². The molecule has 0 radical (unpaired) electrons. The van der Waals surface area contributed by atoms with E-state index in [2.05, 4.69) is 0 Å². The van der Waals surface area contributed by atoms with Crippen molar-refractivity contribution in [3.05, 3.63) is 33.5 Å². The number of benzene rings is 1. The molecule has 0 atom stereocenters. The van der Waals surface area contributed by atoms with E-state index in [1.807, 2.05) is 0 Å². The normalized spacial score (nSPS) is 13.6. The number of nitrogens with zero attached hydrogens (tertiary/aromatic N) is 1. The van der Waals surface area contributed by atoms with E-state index in [1.54, 1.807) is 12.1 Å². The van der Waals surface area contributed by atoms with Crippen molar-refractivity contribution in [1.29, 1.82) is 0 Å². The van der Waals surface area contributed by atoms with E-state index in [1.165, 1.54) is 20.1 Å². The summed E-state index contributed by atoms with van der Waals surface area (Å²) in [5, 5.41) is 10.5. The first-order valence-electron chi connectivity index (χ1n) is 4.92. The first kappa shape index (κ1) is 11.3. The van der Waals surface area contributed by atoms with Crippen molar-refractivity contribution < 1.29 is 19.1 Å². The number of fused-ring (bicyclic) bond motifs is 1. The van der Waals surface area contributed by atoms with Crippen LogP contribution < -0.4 is 14.2 Å². The first-order valence-corrected chi connectivity index (χ1v) is 4.92.